The number of fused-ring (bicyclic) bond motifs is 2. The fourth-order valence-electron chi connectivity index (χ4n) is 3.09. The van der Waals surface area contributed by atoms with Crippen molar-refractivity contribution in [2.24, 2.45) is 16.5 Å². The normalized spacial score (nSPS) is 16.8. The molecule has 0 aromatic heterocycles. The van der Waals surface area contributed by atoms with E-state index in [0.717, 1.165) is 12.0 Å². The van der Waals surface area contributed by atoms with Gasteiger partial charge < -0.3 is 21.3 Å². The predicted molar refractivity (Wildman–Crippen MR) is 96.7 cm³/mol. The van der Waals surface area contributed by atoms with Crippen LogP contribution in [0, 0.1) is 0 Å². The summed E-state index contributed by atoms with van der Waals surface area (Å²) in [6.07, 6.45) is 7.62. The summed E-state index contributed by atoms with van der Waals surface area (Å²) in [5.74, 6) is -1.31. The van der Waals surface area contributed by atoms with Gasteiger partial charge in [0.05, 0.1) is 11.1 Å². The van der Waals surface area contributed by atoms with Crippen LogP contribution in [0.3, 0.4) is 0 Å². The number of carbonyl (C=O) groups excluding carboxylic acids is 1. The van der Waals surface area contributed by atoms with E-state index in [1.165, 1.54) is 6.07 Å². The van der Waals surface area contributed by atoms with Crippen molar-refractivity contribution in [3.05, 3.63) is 64.4 Å². The topological polar surface area (TPSA) is 128 Å². The van der Waals surface area contributed by atoms with Crippen LogP contribution in [0.5, 0.6) is 5.75 Å². The summed E-state index contributed by atoms with van der Waals surface area (Å²) in [5.41, 5.74) is 13.4. The summed E-state index contributed by atoms with van der Waals surface area (Å²) in [5, 5.41) is 9.38. The first kappa shape index (κ1) is 17.5. The van der Waals surface area contributed by atoms with Gasteiger partial charge in [0.15, 0.2) is 5.96 Å². The molecule has 0 bridgehead atoms. The maximum absolute atomic E-state index is 12.6. The molecule has 3 rings (SSSR count). The smallest absolute Gasteiger partial charge is 0.343 e. The van der Waals surface area contributed by atoms with Crippen LogP contribution in [-0.2, 0) is 11.2 Å². The molecule has 1 aliphatic carbocycles. The Balaban J connectivity index is 2.00. The molecular formula is C19H19N3O4. The Hall–Kier alpha value is -3.35. The van der Waals surface area contributed by atoms with Crippen molar-refractivity contribution in [3.8, 4) is 5.75 Å². The van der Waals surface area contributed by atoms with Crippen LogP contribution >= 0.6 is 0 Å². The van der Waals surface area contributed by atoms with Crippen LogP contribution in [0.4, 0.5) is 0 Å². The third kappa shape index (κ3) is 3.66. The number of aliphatic imine (C=N–C) groups is 1. The number of benzene rings is 1. The summed E-state index contributed by atoms with van der Waals surface area (Å²) < 4.78 is 5.52. The molecule has 2 aliphatic rings. The Kier molecular flexibility index (Phi) is 4.88. The maximum atomic E-state index is 12.6. The molecule has 0 saturated carbocycles. The van der Waals surface area contributed by atoms with Gasteiger partial charge in [-0.3, -0.25) is 0 Å². The molecule has 7 nitrogen and oxygen atoms in total. The van der Waals surface area contributed by atoms with Crippen molar-refractivity contribution >= 4 is 17.9 Å². The van der Waals surface area contributed by atoms with Crippen molar-refractivity contribution < 1.29 is 19.4 Å². The largest absolute Gasteiger partial charge is 0.478 e. The molecule has 1 aliphatic heterocycles. The van der Waals surface area contributed by atoms with Gasteiger partial charge in [0.1, 0.15) is 5.75 Å². The molecule has 0 spiro atoms. The molecule has 26 heavy (non-hydrogen) atoms. The third-order valence-electron chi connectivity index (χ3n) is 4.24. The minimum Gasteiger partial charge on any atom is -0.478 e. The Morgan fingerprint density at radius 3 is 2.77 bits per heavy atom. The number of carboxylic acid groups (broad SMARTS) is 1. The highest BCUT2D eigenvalue weighted by atomic mass is 16.5. The molecule has 1 aromatic carbocycles. The first-order valence-electron chi connectivity index (χ1n) is 8.23. The Morgan fingerprint density at radius 1 is 1.23 bits per heavy atom. The van der Waals surface area contributed by atoms with Gasteiger partial charge in [-0.15, -0.1) is 0 Å². The highest BCUT2D eigenvalue weighted by Gasteiger charge is 2.24. The molecular weight excluding hydrogens is 334 g/mol. The van der Waals surface area contributed by atoms with Crippen LogP contribution < -0.4 is 16.2 Å². The Morgan fingerprint density at radius 2 is 2.04 bits per heavy atom. The van der Waals surface area contributed by atoms with Crippen LogP contribution in [0.15, 0.2) is 58.3 Å². The summed E-state index contributed by atoms with van der Waals surface area (Å²) in [4.78, 5) is 28.1. The molecule has 7 heteroatoms. The molecule has 134 valence electrons. The number of carboxylic acids is 1. The van der Waals surface area contributed by atoms with Crippen LogP contribution in [-0.4, -0.2) is 23.0 Å². The second kappa shape index (κ2) is 7.26. The summed E-state index contributed by atoms with van der Waals surface area (Å²) >= 11 is 0. The predicted octanol–water partition coefficient (Wildman–Crippen LogP) is 2.04. The van der Waals surface area contributed by atoms with E-state index in [0.29, 0.717) is 36.1 Å². The summed E-state index contributed by atoms with van der Waals surface area (Å²) in [6, 6.07) is 4.71. The van der Waals surface area contributed by atoms with E-state index in [1.807, 2.05) is 6.08 Å². The lowest BCUT2D eigenvalue weighted by molar-refractivity contribution is -0.130. The zero-order chi connectivity index (χ0) is 18.7. The number of nitrogens with two attached hydrogens (primary N) is 2. The van der Waals surface area contributed by atoms with E-state index < -0.39 is 11.9 Å². The van der Waals surface area contributed by atoms with Crippen LogP contribution in [0.25, 0.3) is 0 Å². The van der Waals surface area contributed by atoms with Gasteiger partial charge in [-0.2, -0.15) is 0 Å². The SMILES string of the molecule is NC(N)=NC1=CC=C2C(=O)Oc3cccc(C(=O)O)c3CCCC=C2C1. The van der Waals surface area contributed by atoms with Crippen LogP contribution in [0.2, 0.25) is 0 Å². The van der Waals surface area contributed by atoms with Gasteiger partial charge in [-0.1, -0.05) is 12.1 Å². The van der Waals surface area contributed by atoms with Gasteiger partial charge in [-0.05, 0) is 49.1 Å². The van der Waals surface area contributed by atoms with Crippen molar-refractivity contribution in [3.63, 3.8) is 0 Å². The fraction of sp³-hybridized carbons (Fsp3) is 0.211. The highest BCUT2D eigenvalue weighted by molar-refractivity contribution is 5.97. The van der Waals surface area contributed by atoms with E-state index in [4.69, 9.17) is 16.2 Å². The third-order valence-corrected chi connectivity index (χ3v) is 4.24. The van der Waals surface area contributed by atoms with E-state index >= 15 is 0 Å². The number of aromatic carboxylic acids is 1. The zero-order valence-corrected chi connectivity index (χ0v) is 14.1. The van der Waals surface area contributed by atoms with Crippen molar-refractivity contribution in [2.45, 2.75) is 25.7 Å². The second-order valence-corrected chi connectivity index (χ2v) is 6.05. The van der Waals surface area contributed by atoms with Gasteiger partial charge >= 0.3 is 11.9 Å². The van der Waals surface area contributed by atoms with E-state index in [2.05, 4.69) is 4.99 Å². The van der Waals surface area contributed by atoms with Crippen molar-refractivity contribution in [2.75, 3.05) is 0 Å². The summed E-state index contributed by atoms with van der Waals surface area (Å²) in [7, 11) is 0. The van der Waals surface area contributed by atoms with Gasteiger partial charge in [0.25, 0.3) is 0 Å². The fourth-order valence-corrected chi connectivity index (χ4v) is 3.09. The first-order valence-corrected chi connectivity index (χ1v) is 8.23. The standard InChI is InChI=1S/C19H19N3O4/c20-19(21)22-12-8-9-13-11(10-12)4-1-2-5-14-15(17(23)24)6-3-7-16(14)26-18(13)25/h3-4,6-9H,1-2,5,10H2,(H,23,24)(H4,20,21,22). The summed E-state index contributed by atoms with van der Waals surface area (Å²) in [6.45, 7) is 0. The quantitative estimate of drug-likeness (QED) is 0.323. The molecule has 0 amide bonds. The minimum atomic E-state index is -1.03. The van der Waals surface area contributed by atoms with E-state index in [9.17, 15) is 14.7 Å². The van der Waals surface area contributed by atoms with Crippen LogP contribution in [0.1, 0.15) is 35.2 Å². The van der Waals surface area contributed by atoms with Crippen molar-refractivity contribution in [1.82, 2.24) is 0 Å². The Bertz CT molecular complexity index is 890. The highest BCUT2D eigenvalue weighted by Crippen LogP contribution is 2.31. The monoisotopic (exact) mass is 353 g/mol. The molecule has 0 atom stereocenters. The van der Waals surface area contributed by atoms with E-state index in [1.54, 1.807) is 24.3 Å². The Labute approximate surface area is 150 Å². The number of hydrogen-bond acceptors (Lipinski definition) is 4. The van der Waals surface area contributed by atoms with Gasteiger partial charge in [0, 0.05) is 17.7 Å². The molecule has 1 heterocycles. The second-order valence-electron chi connectivity index (χ2n) is 6.05. The first-order chi connectivity index (χ1) is 12.5. The lowest BCUT2D eigenvalue weighted by Gasteiger charge is -2.19. The number of allylic oxidation sites excluding steroid dienone is 4. The number of hydrogen-bond donors (Lipinski definition) is 3. The van der Waals surface area contributed by atoms with E-state index in [-0.39, 0.29) is 17.3 Å². The van der Waals surface area contributed by atoms with Gasteiger partial charge in [-0.25, -0.2) is 14.6 Å². The average Bonchev–Trinajstić information content (AvgIpc) is 2.58. The maximum Gasteiger partial charge on any atom is 0.343 e. The number of nitrogens with zero attached hydrogens (tertiary/aromatic N) is 1. The number of ether oxygens (including phenoxy) is 1. The number of esters is 1. The van der Waals surface area contributed by atoms with Gasteiger partial charge in [0.2, 0.25) is 0 Å². The number of carbonyl (C=O) groups is 2. The lowest BCUT2D eigenvalue weighted by Crippen LogP contribution is -2.23. The molecule has 0 radical (unpaired) electrons. The lowest BCUT2D eigenvalue weighted by atomic mass is 9.93. The zero-order valence-electron chi connectivity index (χ0n) is 14.1. The van der Waals surface area contributed by atoms with Crippen molar-refractivity contribution in [1.29, 1.82) is 0 Å². The average molecular weight is 353 g/mol. The molecule has 5 N–H and O–H groups in total. The molecule has 1 aromatic rings. The molecule has 0 saturated heterocycles. The number of rotatable bonds is 2. The number of guanidine groups is 1. The minimum absolute atomic E-state index is 0.0359. The molecule has 0 fully saturated rings. The molecule has 0 unspecified atom stereocenters.